The first-order chi connectivity index (χ1) is 10.9. The van der Waals surface area contributed by atoms with Crippen LogP contribution >= 0.6 is 23.5 Å². The molecule has 4 rings (SSSR count). The van der Waals surface area contributed by atoms with Gasteiger partial charge in [0.1, 0.15) is 0 Å². The third kappa shape index (κ3) is 2.78. The summed E-state index contributed by atoms with van der Waals surface area (Å²) in [5.41, 5.74) is 2.07. The molecule has 1 radical (unpaired) electrons. The van der Waals surface area contributed by atoms with E-state index in [0.717, 1.165) is 11.1 Å². The average Bonchev–Trinajstić information content (AvgIpc) is 2.59. The lowest BCUT2D eigenvalue weighted by Crippen LogP contribution is -1.89. The molecule has 0 bridgehead atoms. The van der Waals surface area contributed by atoms with Crippen LogP contribution in [0, 0.1) is 17.9 Å². The molecular formula is C20H11S2. The molecule has 0 amide bonds. The Kier molecular flexibility index (Phi) is 3.68. The molecule has 0 aliphatic carbocycles. The van der Waals surface area contributed by atoms with Gasteiger partial charge in [-0.15, -0.1) is 0 Å². The molecule has 3 aromatic rings. The van der Waals surface area contributed by atoms with Gasteiger partial charge >= 0.3 is 0 Å². The standard InChI is InChI=1S/C20H11S2/c1-2-6-15(7-3-1)10-11-16-12-13-19-20(14-16)22-18-9-5-4-8-17(18)21-19/h2-9,12-14H. The van der Waals surface area contributed by atoms with Gasteiger partial charge in [0.05, 0.1) is 0 Å². The highest BCUT2D eigenvalue weighted by atomic mass is 32.2. The molecule has 0 fully saturated rings. The summed E-state index contributed by atoms with van der Waals surface area (Å²) < 4.78 is 0. The maximum Gasteiger partial charge on any atom is 0.0274 e. The van der Waals surface area contributed by atoms with E-state index in [2.05, 4.69) is 60.4 Å². The molecule has 22 heavy (non-hydrogen) atoms. The van der Waals surface area contributed by atoms with Crippen LogP contribution < -0.4 is 0 Å². The zero-order valence-corrected chi connectivity index (χ0v) is 13.3. The van der Waals surface area contributed by atoms with Crippen LogP contribution in [0.25, 0.3) is 0 Å². The van der Waals surface area contributed by atoms with Crippen LogP contribution in [-0.4, -0.2) is 0 Å². The van der Waals surface area contributed by atoms with E-state index in [9.17, 15) is 0 Å². The topological polar surface area (TPSA) is 0 Å². The largest absolute Gasteiger partial charge is 0.0877 e. The van der Waals surface area contributed by atoms with E-state index >= 15 is 0 Å². The Hall–Kier alpha value is -2.08. The van der Waals surface area contributed by atoms with Gasteiger partial charge in [-0.1, -0.05) is 59.6 Å². The van der Waals surface area contributed by atoms with Crippen molar-refractivity contribution in [2.45, 2.75) is 19.6 Å². The lowest BCUT2D eigenvalue weighted by Gasteiger charge is -2.17. The summed E-state index contributed by atoms with van der Waals surface area (Å²) in [6.45, 7) is 0. The summed E-state index contributed by atoms with van der Waals surface area (Å²) >= 11 is 3.66. The van der Waals surface area contributed by atoms with E-state index in [0.29, 0.717) is 0 Å². The first-order valence-electron chi connectivity index (χ1n) is 6.95. The molecular weight excluding hydrogens is 304 g/mol. The van der Waals surface area contributed by atoms with Crippen LogP contribution in [0.5, 0.6) is 0 Å². The van der Waals surface area contributed by atoms with Gasteiger partial charge in [0.25, 0.3) is 0 Å². The van der Waals surface area contributed by atoms with Gasteiger partial charge in [0.15, 0.2) is 0 Å². The zero-order valence-electron chi connectivity index (χ0n) is 11.7. The average molecular weight is 315 g/mol. The smallest absolute Gasteiger partial charge is 0.0274 e. The molecule has 0 spiro atoms. The summed E-state index contributed by atoms with van der Waals surface area (Å²) in [6.07, 6.45) is 0. The van der Waals surface area contributed by atoms with Gasteiger partial charge in [-0.25, -0.2) is 0 Å². The summed E-state index contributed by atoms with van der Waals surface area (Å²) in [5, 5.41) is 0. The molecule has 0 unspecified atom stereocenters. The quantitative estimate of drug-likeness (QED) is 0.393. The fourth-order valence-corrected chi connectivity index (χ4v) is 4.47. The van der Waals surface area contributed by atoms with Crippen LogP contribution in [0.1, 0.15) is 11.1 Å². The van der Waals surface area contributed by atoms with E-state index in [-0.39, 0.29) is 0 Å². The first-order valence-corrected chi connectivity index (χ1v) is 8.59. The maximum absolute atomic E-state index is 3.25. The van der Waals surface area contributed by atoms with Crippen LogP contribution in [0.2, 0.25) is 0 Å². The first kappa shape index (κ1) is 13.6. The molecule has 0 nitrogen and oxygen atoms in total. The van der Waals surface area contributed by atoms with Crippen LogP contribution in [0.4, 0.5) is 0 Å². The van der Waals surface area contributed by atoms with Crippen molar-refractivity contribution < 1.29 is 0 Å². The van der Waals surface area contributed by atoms with Crippen molar-refractivity contribution in [1.29, 1.82) is 0 Å². The minimum Gasteiger partial charge on any atom is -0.0877 e. The highest BCUT2D eigenvalue weighted by Gasteiger charge is 2.16. The van der Waals surface area contributed by atoms with Crippen molar-refractivity contribution in [3.8, 4) is 11.8 Å². The lowest BCUT2D eigenvalue weighted by atomic mass is 10.2. The predicted octanol–water partition coefficient (Wildman–Crippen LogP) is 5.50. The molecule has 0 saturated carbocycles. The SMILES string of the molecule is C(#Cc1ccc2c(c1)Sc1ccccc1S2)c1cc[c]cc1. The monoisotopic (exact) mass is 315 g/mol. The zero-order chi connectivity index (χ0) is 14.8. The molecule has 1 aliphatic rings. The van der Waals surface area contributed by atoms with Crippen molar-refractivity contribution in [3.63, 3.8) is 0 Å². The second-order valence-electron chi connectivity index (χ2n) is 4.85. The van der Waals surface area contributed by atoms with Crippen molar-refractivity contribution >= 4 is 23.5 Å². The van der Waals surface area contributed by atoms with Gasteiger partial charge < -0.3 is 0 Å². The van der Waals surface area contributed by atoms with Crippen LogP contribution in [-0.2, 0) is 0 Å². The third-order valence-electron chi connectivity index (χ3n) is 3.30. The van der Waals surface area contributed by atoms with Crippen molar-refractivity contribution in [3.05, 3.63) is 83.9 Å². The third-order valence-corrected chi connectivity index (χ3v) is 5.85. The minimum atomic E-state index is 1.02. The molecule has 0 N–H and O–H groups in total. The molecule has 2 heteroatoms. The fraction of sp³-hybridized carbons (Fsp3) is 0. The predicted molar refractivity (Wildman–Crippen MR) is 92.4 cm³/mol. The highest BCUT2D eigenvalue weighted by molar-refractivity contribution is 8.05. The number of rotatable bonds is 0. The fourth-order valence-electron chi connectivity index (χ4n) is 2.22. The van der Waals surface area contributed by atoms with Crippen LogP contribution in [0.15, 0.2) is 86.3 Å². The highest BCUT2D eigenvalue weighted by Crippen LogP contribution is 2.48. The van der Waals surface area contributed by atoms with Crippen LogP contribution in [0.3, 0.4) is 0 Å². The molecule has 1 aliphatic heterocycles. The van der Waals surface area contributed by atoms with Gasteiger partial charge in [0.2, 0.25) is 0 Å². The Morgan fingerprint density at radius 2 is 1.27 bits per heavy atom. The van der Waals surface area contributed by atoms with E-state index < -0.39 is 0 Å². The van der Waals surface area contributed by atoms with Crippen molar-refractivity contribution in [2.75, 3.05) is 0 Å². The van der Waals surface area contributed by atoms with E-state index in [4.69, 9.17) is 0 Å². The van der Waals surface area contributed by atoms with E-state index in [1.54, 1.807) is 0 Å². The van der Waals surface area contributed by atoms with Gasteiger partial charge in [-0.2, -0.15) is 0 Å². The summed E-state index contributed by atoms with van der Waals surface area (Å²) in [6, 6.07) is 25.7. The number of fused-ring (bicyclic) bond motifs is 2. The van der Waals surface area contributed by atoms with Crippen molar-refractivity contribution in [1.82, 2.24) is 0 Å². The number of benzene rings is 3. The Bertz CT molecular complexity index is 886. The Balaban J connectivity index is 1.65. The molecule has 103 valence electrons. The minimum absolute atomic E-state index is 1.02. The molecule has 1 heterocycles. The normalized spacial score (nSPS) is 11.8. The maximum atomic E-state index is 3.25. The second kappa shape index (κ2) is 5.96. The van der Waals surface area contributed by atoms with E-state index in [1.165, 1.54) is 19.6 Å². The number of hydrogen-bond acceptors (Lipinski definition) is 2. The molecule has 3 aromatic carbocycles. The van der Waals surface area contributed by atoms with E-state index in [1.807, 2.05) is 47.8 Å². The second-order valence-corrected chi connectivity index (χ2v) is 7.02. The van der Waals surface area contributed by atoms with Gasteiger partial charge in [0, 0.05) is 30.7 Å². The lowest BCUT2D eigenvalue weighted by molar-refractivity contribution is 1.15. The number of hydrogen-bond donors (Lipinski definition) is 0. The Morgan fingerprint density at radius 3 is 2.05 bits per heavy atom. The molecule has 0 saturated heterocycles. The van der Waals surface area contributed by atoms with Crippen molar-refractivity contribution in [2.24, 2.45) is 0 Å². The van der Waals surface area contributed by atoms with Gasteiger partial charge in [-0.05, 0) is 48.5 Å². The summed E-state index contributed by atoms with van der Waals surface area (Å²) in [5.74, 6) is 6.45. The van der Waals surface area contributed by atoms with Gasteiger partial charge in [-0.3, -0.25) is 0 Å². The summed E-state index contributed by atoms with van der Waals surface area (Å²) in [7, 11) is 0. The molecule has 0 atom stereocenters. The summed E-state index contributed by atoms with van der Waals surface area (Å²) in [4.78, 5) is 5.25. The molecule has 0 aromatic heterocycles. The Labute approximate surface area is 139 Å². The Morgan fingerprint density at radius 1 is 0.636 bits per heavy atom.